The zero-order valence-electron chi connectivity index (χ0n) is 6.28. The van der Waals surface area contributed by atoms with E-state index >= 15 is 0 Å². The van der Waals surface area contributed by atoms with E-state index in [1.807, 2.05) is 6.07 Å². The number of rotatable bonds is 0. The van der Waals surface area contributed by atoms with Crippen LogP contribution in [0.25, 0.3) is 0 Å². The lowest BCUT2D eigenvalue weighted by molar-refractivity contribution is 1.30. The molecular weight excluding hydrogens is 208 g/mol. The van der Waals surface area contributed by atoms with Gasteiger partial charge in [0.2, 0.25) is 5.01 Å². The maximum Gasteiger partial charge on any atom is 0.213 e. The van der Waals surface area contributed by atoms with E-state index in [4.69, 9.17) is 11.0 Å². The van der Waals surface area contributed by atoms with E-state index in [0.29, 0.717) is 10.1 Å². The SMILES string of the molecule is N#Cc1ncns1.Nc1ncns1. The highest BCUT2D eigenvalue weighted by molar-refractivity contribution is 7.09. The van der Waals surface area contributed by atoms with Gasteiger partial charge in [-0.3, -0.25) is 0 Å². The van der Waals surface area contributed by atoms with E-state index < -0.39 is 0 Å². The Labute approximate surface area is 82.0 Å². The van der Waals surface area contributed by atoms with Gasteiger partial charge in [0, 0.05) is 11.5 Å². The van der Waals surface area contributed by atoms with Crippen LogP contribution in [-0.4, -0.2) is 18.7 Å². The van der Waals surface area contributed by atoms with E-state index in [1.54, 1.807) is 0 Å². The van der Waals surface area contributed by atoms with Gasteiger partial charge < -0.3 is 5.73 Å². The molecule has 0 saturated carbocycles. The Hall–Kier alpha value is -1.59. The largest absolute Gasteiger partial charge is 0.374 e. The summed E-state index contributed by atoms with van der Waals surface area (Å²) < 4.78 is 7.23. The van der Waals surface area contributed by atoms with Gasteiger partial charge in [-0.1, -0.05) is 0 Å². The van der Waals surface area contributed by atoms with Gasteiger partial charge in [0.1, 0.15) is 18.7 Å². The first kappa shape index (κ1) is 9.50. The summed E-state index contributed by atoms with van der Waals surface area (Å²) in [5.41, 5.74) is 5.12. The van der Waals surface area contributed by atoms with Crippen LogP contribution in [0.1, 0.15) is 5.01 Å². The van der Waals surface area contributed by atoms with Crippen LogP contribution in [0.5, 0.6) is 0 Å². The predicted octanol–water partition coefficient (Wildman–Crippen LogP) is 0.530. The van der Waals surface area contributed by atoms with Crippen molar-refractivity contribution in [1.29, 1.82) is 5.26 Å². The van der Waals surface area contributed by atoms with Gasteiger partial charge in [-0.05, 0) is 11.5 Å². The van der Waals surface area contributed by atoms with Crippen LogP contribution in [0.4, 0.5) is 5.13 Å². The predicted molar refractivity (Wildman–Crippen MR) is 48.9 cm³/mol. The monoisotopic (exact) mass is 212 g/mol. The minimum atomic E-state index is 0.417. The van der Waals surface area contributed by atoms with Crippen molar-refractivity contribution in [2.75, 3.05) is 5.73 Å². The number of nitrogen functional groups attached to an aromatic ring is 1. The standard InChI is InChI=1S/C3HN3S.C2H3N3S/c4-1-3-5-2-6-7-3;3-2-4-1-5-6-2/h2H;1H,(H2,3,4,5). The van der Waals surface area contributed by atoms with E-state index in [1.165, 1.54) is 24.2 Å². The van der Waals surface area contributed by atoms with Crippen LogP contribution in [-0.2, 0) is 0 Å². The fraction of sp³-hybridized carbons (Fsp3) is 0. The number of aromatic nitrogens is 4. The Kier molecular flexibility index (Phi) is 3.74. The molecule has 0 aliphatic rings. The second kappa shape index (κ2) is 5.13. The molecule has 2 N–H and O–H groups in total. The number of hydrogen-bond donors (Lipinski definition) is 1. The van der Waals surface area contributed by atoms with Gasteiger partial charge in [-0.2, -0.15) is 14.0 Å². The lowest BCUT2D eigenvalue weighted by atomic mass is 10.8. The number of nitrogens with zero attached hydrogens (tertiary/aromatic N) is 5. The molecule has 0 spiro atoms. The zero-order chi connectivity index (χ0) is 9.52. The molecule has 2 rings (SSSR count). The van der Waals surface area contributed by atoms with Crippen LogP contribution in [0, 0.1) is 11.3 Å². The summed E-state index contributed by atoms with van der Waals surface area (Å²) in [5, 5.41) is 9.02. The number of nitrogens with two attached hydrogens (primary N) is 1. The third-order valence-corrected chi connectivity index (χ3v) is 1.90. The number of anilines is 1. The molecular formula is C5H4N6S2. The highest BCUT2D eigenvalue weighted by Crippen LogP contribution is 1.96. The number of nitriles is 1. The topological polar surface area (TPSA) is 101 Å². The van der Waals surface area contributed by atoms with Gasteiger partial charge in [0.05, 0.1) is 0 Å². The molecule has 2 aromatic rings. The molecule has 0 saturated heterocycles. The van der Waals surface area contributed by atoms with Crippen LogP contribution < -0.4 is 5.73 Å². The van der Waals surface area contributed by atoms with Crippen LogP contribution in [0.3, 0.4) is 0 Å². The molecule has 0 radical (unpaired) electrons. The van der Waals surface area contributed by atoms with Crippen LogP contribution in [0.2, 0.25) is 0 Å². The molecule has 6 nitrogen and oxygen atoms in total. The van der Waals surface area contributed by atoms with E-state index in [0.717, 1.165) is 11.5 Å². The highest BCUT2D eigenvalue weighted by Gasteiger charge is 1.86. The summed E-state index contributed by atoms with van der Waals surface area (Å²) in [6.07, 6.45) is 2.79. The Morgan fingerprint density at radius 1 is 1.23 bits per heavy atom. The molecule has 0 aliphatic carbocycles. The van der Waals surface area contributed by atoms with Crippen molar-refractivity contribution >= 4 is 28.2 Å². The summed E-state index contributed by atoms with van der Waals surface area (Å²) >= 11 is 2.30. The van der Waals surface area contributed by atoms with Gasteiger partial charge in [0.25, 0.3) is 0 Å². The Morgan fingerprint density at radius 2 is 1.92 bits per heavy atom. The van der Waals surface area contributed by atoms with Crippen LogP contribution in [0.15, 0.2) is 12.7 Å². The molecule has 66 valence electrons. The van der Waals surface area contributed by atoms with E-state index in [9.17, 15) is 0 Å². The van der Waals surface area contributed by atoms with Crippen molar-refractivity contribution in [1.82, 2.24) is 18.7 Å². The summed E-state index contributed by atoms with van der Waals surface area (Å²) in [6, 6.07) is 1.85. The summed E-state index contributed by atoms with van der Waals surface area (Å²) in [7, 11) is 0. The molecule has 0 bridgehead atoms. The third-order valence-electron chi connectivity index (χ3n) is 0.835. The Bertz CT molecular complexity index is 360. The van der Waals surface area contributed by atoms with Crippen molar-refractivity contribution in [3.8, 4) is 6.07 Å². The van der Waals surface area contributed by atoms with E-state index in [-0.39, 0.29) is 0 Å². The highest BCUT2D eigenvalue weighted by atomic mass is 32.1. The molecule has 0 unspecified atom stereocenters. The molecule has 0 aromatic carbocycles. The first-order chi connectivity index (χ1) is 6.33. The molecule has 0 aliphatic heterocycles. The lowest BCUT2D eigenvalue weighted by Crippen LogP contribution is -1.77. The van der Waals surface area contributed by atoms with Crippen molar-refractivity contribution in [3.05, 3.63) is 17.7 Å². The first-order valence-electron chi connectivity index (χ1n) is 3.02. The number of hydrogen-bond acceptors (Lipinski definition) is 8. The second-order valence-corrected chi connectivity index (χ2v) is 3.23. The maximum absolute atomic E-state index is 8.08. The van der Waals surface area contributed by atoms with Crippen molar-refractivity contribution in [2.24, 2.45) is 0 Å². The first-order valence-corrected chi connectivity index (χ1v) is 4.56. The van der Waals surface area contributed by atoms with Gasteiger partial charge >= 0.3 is 0 Å². The normalized spacial score (nSPS) is 8.23. The minimum Gasteiger partial charge on any atom is -0.374 e. The average molecular weight is 212 g/mol. The molecule has 2 aromatic heterocycles. The van der Waals surface area contributed by atoms with E-state index in [2.05, 4.69) is 18.7 Å². The van der Waals surface area contributed by atoms with Crippen LogP contribution >= 0.6 is 23.1 Å². The van der Waals surface area contributed by atoms with Crippen molar-refractivity contribution in [3.63, 3.8) is 0 Å². The minimum absolute atomic E-state index is 0.417. The van der Waals surface area contributed by atoms with Gasteiger partial charge in [-0.25, -0.2) is 9.97 Å². The molecule has 2 heterocycles. The summed E-state index contributed by atoms with van der Waals surface area (Å²) in [4.78, 5) is 7.18. The Balaban J connectivity index is 0.000000132. The lowest BCUT2D eigenvalue weighted by Gasteiger charge is -1.64. The fourth-order valence-electron chi connectivity index (χ4n) is 0.404. The van der Waals surface area contributed by atoms with Gasteiger partial charge in [0.15, 0.2) is 5.13 Å². The smallest absolute Gasteiger partial charge is 0.213 e. The summed E-state index contributed by atoms with van der Waals surface area (Å²) in [6.45, 7) is 0. The maximum atomic E-state index is 8.08. The molecule has 0 atom stereocenters. The Morgan fingerprint density at radius 3 is 2.15 bits per heavy atom. The van der Waals surface area contributed by atoms with Crippen molar-refractivity contribution in [2.45, 2.75) is 0 Å². The quantitative estimate of drug-likeness (QED) is 0.683. The summed E-state index contributed by atoms with van der Waals surface area (Å²) in [5.74, 6) is 0. The zero-order valence-corrected chi connectivity index (χ0v) is 7.92. The third kappa shape index (κ3) is 3.55. The van der Waals surface area contributed by atoms with Crippen molar-refractivity contribution < 1.29 is 0 Å². The molecule has 8 heteroatoms. The second-order valence-electron chi connectivity index (χ2n) is 1.64. The van der Waals surface area contributed by atoms with Gasteiger partial charge in [-0.15, -0.1) is 0 Å². The fourth-order valence-corrected chi connectivity index (χ4v) is 1.03. The molecule has 0 fully saturated rings. The molecule has 0 amide bonds. The molecule has 13 heavy (non-hydrogen) atoms. The average Bonchev–Trinajstić information content (AvgIpc) is 2.76.